The van der Waals surface area contributed by atoms with Crippen LogP contribution in [0.3, 0.4) is 0 Å². The lowest BCUT2D eigenvalue weighted by molar-refractivity contribution is 0.770. The number of hydrogen-bond donors (Lipinski definition) is 0. The Kier molecular flexibility index (Phi) is 11.0. The second kappa shape index (κ2) is 21.1. The molecule has 0 aromatic heterocycles. The molecule has 14 aromatic carbocycles. The fourth-order valence-corrected chi connectivity index (χ4v) is 14.9. The minimum Gasteiger partial charge on any atom is -0.310 e. The summed E-state index contributed by atoms with van der Waals surface area (Å²) in [5.74, 6) is 0. The van der Waals surface area contributed by atoms with Gasteiger partial charge in [-0.05, 0) is 119 Å². The van der Waals surface area contributed by atoms with E-state index in [1.54, 1.807) is 0 Å². The average Bonchev–Trinajstić information content (AvgIpc) is 1.59. The monoisotopic (exact) mass is 1120 g/mol. The number of fused-ring (bicyclic) bond motifs is 7. The van der Waals surface area contributed by atoms with Gasteiger partial charge in [0.25, 0.3) is 6.71 Å². The molecule has 0 N–H and O–H groups in total. The zero-order chi connectivity index (χ0) is 62.5. The standard InChI is InChI=1S/C85H57BN2/c1-8-29-58(30-9-1)63-53-54-78-76(55-63)86-75-51-24-25-52-77(75)87(83-68(59-31-10-2-11-32-59)45-27-46-69(83)60-33-12-3-13-34-60)79-56-64(57-80(82(79)86)88(78)84-70(61-35-14-4-15-36-61)47-28-48-71(84)62-37-16-5-17-38-62)67-44-26-49-73-72-43-22-23-50-74(72)85(81(67)73,65-39-18-6-19-40-65)66-41-20-7-21-42-66/h1-57H/i1D,8D,9D,29D,30D. The van der Waals surface area contributed by atoms with E-state index < -0.39 is 18.2 Å². The molecule has 0 atom stereocenters. The van der Waals surface area contributed by atoms with Crippen molar-refractivity contribution in [3.8, 4) is 77.9 Å². The van der Waals surface area contributed by atoms with Gasteiger partial charge < -0.3 is 9.80 Å². The Morgan fingerprint density at radius 2 is 0.682 bits per heavy atom. The van der Waals surface area contributed by atoms with Crippen LogP contribution in [-0.4, -0.2) is 6.71 Å². The molecule has 2 heterocycles. The van der Waals surface area contributed by atoms with Gasteiger partial charge in [-0.25, -0.2) is 0 Å². The molecule has 2 aliphatic heterocycles. The molecule has 3 heteroatoms. The molecule has 0 bridgehead atoms. The molecule has 3 aliphatic rings. The van der Waals surface area contributed by atoms with Crippen molar-refractivity contribution in [2.24, 2.45) is 0 Å². The molecule has 0 fully saturated rings. The van der Waals surface area contributed by atoms with Crippen LogP contribution in [0.25, 0.3) is 77.9 Å². The molecular formula is C85H57BN2. The molecule has 410 valence electrons. The van der Waals surface area contributed by atoms with Gasteiger partial charge in [-0.3, -0.25) is 0 Å². The fraction of sp³-hybridized carbons (Fsp3) is 0.0118. The van der Waals surface area contributed by atoms with Crippen LogP contribution in [0.1, 0.15) is 29.1 Å². The van der Waals surface area contributed by atoms with E-state index in [0.29, 0.717) is 5.56 Å². The van der Waals surface area contributed by atoms with E-state index in [4.69, 9.17) is 4.11 Å². The second-order valence-electron chi connectivity index (χ2n) is 23.0. The Bertz CT molecular complexity index is 5080. The highest BCUT2D eigenvalue weighted by molar-refractivity contribution is 7.00. The zero-order valence-corrected chi connectivity index (χ0v) is 48.0. The third-order valence-corrected chi connectivity index (χ3v) is 18.4. The highest BCUT2D eigenvalue weighted by atomic mass is 15.2. The SMILES string of the molecule is [2H]c1c([2H])c([2H])c(-c2ccc3c(c2)B2c4ccccc4N(c4c(-c5ccccc5)cccc4-c4ccccc4)c4cc(-c5cccc6c5C(c5ccccc5)(c5ccccc5)c5ccccc5-6)cc(c42)N3c2c(-c3ccccc3)cccc2-c2ccccc2)c([2H])c1[2H]. The van der Waals surface area contributed by atoms with E-state index in [-0.39, 0.29) is 29.7 Å². The van der Waals surface area contributed by atoms with Crippen LogP contribution in [0.15, 0.2) is 346 Å². The predicted molar refractivity (Wildman–Crippen MR) is 370 cm³/mol. The van der Waals surface area contributed by atoms with Gasteiger partial charge in [-0.15, -0.1) is 0 Å². The lowest BCUT2D eigenvalue weighted by Crippen LogP contribution is -2.61. The van der Waals surface area contributed by atoms with Crippen LogP contribution in [0.4, 0.5) is 34.1 Å². The van der Waals surface area contributed by atoms with Crippen molar-refractivity contribution in [3.05, 3.63) is 368 Å². The zero-order valence-electron chi connectivity index (χ0n) is 53.0. The number of rotatable bonds is 10. The Morgan fingerprint density at radius 1 is 0.273 bits per heavy atom. The second-order valence-corrected chi connectivity index (χ2v) is 23.0. The molecule has 0 radical (unpaired) electrons. The van der Waals surface area contributed by atoms with Gasteiger partial charge in [0.2, 0.25) is 0 Å². The molecule has 88 heavy (non-hydrogen) atoms. The third-order valence-electron chi connectivity index (χ3n) is 18.4. The number of hydrogen-bond acceptors (Lipinski definition) is 2. The molecule has 0 saturated carbocycles. The van der Waals surface area contributed by atoms with E-state index >= 15 is 0 Å². The molecular weight excluding hydrogens is 1060 g/mol. The summed E-state index contributed by atoms with van der Waals surface area (Å²) in [5, 5.41) is 0. The van der Waals surface area contributed by atoms with Gasteiger partial charge in [-0.1, -0.05) is 321 Å². The van der Waals surface area contributed by atoms with Crippen molar-refractivity contribution in [2.75, 3.05) is 9.80 Å². The van der Waals surface area contributed by atoms with Crippen molar-refractivity contribution in [2.45, 2.75) is 5.41 Å². The number of anilines is 6. The summed E-state index contributed by atoms with van der Waals surface area (Å²) in [4.78, 5) is 5.04. The summed E-state index contributed by atoms with van der Waals surface area (Å²) in [6.07, 6.45) is 0. The smallest absolute Gasteiger partial charge is 0.252 e. The Hall–Kier alpha value is -11.3. The van der Waals surface area contributed by atoms with Crippen molar-refractivity contribution in [1.29, 1.82) is 0 Å². The number of benzene rings is 14. The molecule has 0 spiro atoms. The van der Waals surface area contributed by atoms with Crippen LogP contribution < -0.4 is 26.2 Å². The molecule has 0 unspecified atom stereocenters. The molecule has 2 nitrogen and oxygen atoms in total. The Balaban J connectivity index is 1.07. The molecule has 0 saturated heterocycles. The van der Waals surface area contributed by atoms with Crippen LogP contribution in [-0.2, 0) is 5.41 Å². The quantitative estimate of drug-likeness (QED) is 0.126. The maximum atomic E-state index is 9.46. The van der Waals surface area contributed by atoms with E-state index in [2.05, 4.69) is 319 Å². The highest BCUT2D eigenvalue weighted by Gasteiger charge is 2.49. The Morgan fingerprint density at radius 3 is 1.19 bits per heavy atom. The van der Waals surface area contributed by atoms with Crippen LogP contribution in [0, 0.1) is 0 Å². The van der Waals surface area contributed by atoms with Gasteiger partial charge in [0.05, 0.1) is 23.6 Å². The molecule has 14 aromatic rings. The van der Waals surface area contributed by atoms with Crippen molar-refractivity contribution in [1.82, 2.24) is 0 Å². The highest BCUT2D eigenvalue weighted by Crippen LogP contribution is 2.60. The summed E-state index contributed by atoms with van der Waals surface area (Å²) in [6.45, 7) is -0.445. The largest absolute Gasteiger partial charge is 0.310 e. The molecule has 1 aliphatic carbocycles. The van der Waals surface area contributed by atoms with Crippen LogP contribution in [0.2, 0.25) is 0 Å². The lowest BCUT2D eigenvalue weighted by Gasteiger charge is -2.46. The van der Waals surface area contributed by atoms with Crippen LogP contribution in [0.5, 0.6) is 0 Å². The Labute approximate surface area is 522 Å². The molecule has 0 amide bonds. The normalized spacial score (nSPS) is 13.8. The van der Waals surface area contributed by atoms with Crippen molar-refractivity contribution >= 4 is 57.2 Å². The van der Waals surface area contributed by atoms with E-state index in [9.17, 15) is 2.74 Å². The summed E-state index contributed by atoms with van der Waals surface area (Å²) < 4.78 is 45.6. The summed E-state index contributed by atoms with van der Waals surface area (Å²) in [6, 6.07) is 112. The number of para-hydroxylation sites is 3. The first kappa shape index (κ1) is 46.1. The first-order valence-corrected chi connectivity index (χ1v) is 30.2. The van der Waals surface area contributed by atoms with E-state index in [1.165, 1.54) is 33.4 Å². The summed E-state index contributed by atoms with van der Waals surface area (Å²) in [7, 11) is 0. The minimum atomic E-state index is -0.750. The van der Waals surface area contributed by atoms with Gasteiger partial charge in [0.15, 0.2) is 0 Å². The maximum Gasteiger partial charge on any atom is 0.252 e. The lowest BCUT2D eigenvalue weighted by atomic mass is 9.33. The summed E-state index contributed by atoms with van der Waals surface area (Å²) in [5.41, 5.74) is 26.5. The van der Waals surface area contributed by atoms with Gasteiger partial charge in [-0.2, -0.15) is 0 Å². The van der Waals surface area contributed by atoms with Crippen molar-refractivity contribution < 1.29 is 6.85 Å². The van der Waals surface area contributed by atoms with E-state index in [0.717, 1.165) is 106 Å². The minimum absolute atomic E-state index is 0.153. The van der Waals surface area contributed by atoms with Crippen LogP contribution >= 0.6 is 0 Å². The van der Waals surface area contributed by atoms with Gasteiger partial charge in [0, 0.05) is 45.0 Å². The fourth-order valence-electron chi connectivity index (χ4n) is 14.9. The average molecular weight is 1120 g/mol. The maximum absolute atomic E-state index is 9.46. The third kappa shape index (κ3) is 7.98. The van der Waals surface area contributed by atoms with Crippen molar-refractivity contribution in [3.63, 3.8) is 0 Å². The topological polar surface area (TPSA) is 6.48 Å². The predicted octanol–water partition coefficient (Wildman–Crippen LogP) is 20.1. The summed E-state index contributed by atoms with van der Waals surface area (Å²) >= 11 is 0. The first-order valence-electron chi connectivity index (χ1n) is 32.7. The first-order chi connectivity index (χ1) is 45.8. The van der Waals surface area contributed by atoms with Gasteiger partial charge in [0.1, 0.15) is 0 Å². The molecule has 17 rings (SSSR count). The van der Waals surface area contributed by atoms with Gasteiger partial charge >= 0.3 is 0 Å². The number of nitrogens with zero attached hydrogens (tertiary/aromatic N) is 2. The van der Waals surface area contributed by atoms with E-state index in [1.807, 2.05) is 6.07 Å².